The quantitative estimate of drug-likeness (QED) is 0.752. The molecule has 0 saturated carbocycles. The van der Waals surface area contributed by atoms with Gasteiger partial charge in [0.05, 0.1) is 12.8 Å². The molecule has 0 atom stereocenters. The zero-order valence-corrected chi connectivity index (χ0v) is 13.4. The maximum absolute atomic E-state index is 12.3. The molecule has 24 heavy (non-hydrogen) atoms. The van der Waals surface area contributed by atoms with E-state index in [1.165, 1.54) is 21.8 Å². The van der Waals surface area contributed by atoms with E-state index in [2.05, 4.69) is 15.4 Å². The summed E-state index contributed by atoms with van der Waals surface area (Å²) in [5.41, 5.74) is 1.80. The van der Waals surface area contributed by atoms with Crippen molar-refractivity contribution in [1.82, 2.24) is 19.3 Å². The summed E-state index contributed by atoms with van der Waals surface area (Å²) in [5.74, 6) is -0.309. The summed E-state index contributed by atoms with van der Waals surface area (Å²) < 4.78 is 7.85. The Labute approximate surface area is 137 Å². The van der Waals surface area contributed by atoms with Crippen LogP contribution >= 0.6 is 0 Å². The molecule has 1 amide bonds. The van der Waals surface area contributed by atoms with Crippen LogP contribution in [0.25, 0.3) is 11.0 Å². The zero-order valence-electron chi connectivity index (χ0n) is 13.4. The van der Waals surface area contributed by atoms with Gasteiger partial charge in [-0.25, -0.2) is 4.98 Å². The van der Waals surface area contributed by atoms with Gasteiger partial charge in [0.25, 0.3) is 5.56 Å². The molecule has 0 aliphatic rings. The normalized spacial score (nSPS) is 10.9. The summed E-state index contributed by atoms with van der Waals surface area (Å²) in [5, 5.41) is 7.15. The molecule has 1 aromatic carbocycles. The van der Waals surface area contributed by atoms with Crippen LogP contribution in [0.1, 0.15) is 5.56 Å². The van der Waals surface area contributed by atoms with Gasteiger partial charge >= 0.3 is 0 Å². The molecule has 0 bridgehead atoms. The number of aryl methyl sites for hydroxylation is 1. The highest BCUT2D eigenvalue weighted by atomic mass is 16.5. The van der Waals surface area contributed by atoms with Crippen molar-refractivity contribution in [3.63, 3.8) is 0 Å². The van der Waals surface area contributed by atoms with E-state index in [9.17, 15) is 9.59 Å². The highest BCUT2D eigenvalue weighted by Crippen LogP contribution is 2.11. The van der Waals surface area contributed by atoms with Crippen molar-refractivity contribution in [2.75, 3.05) is 12.4 Å². The van der Waals surface area contributed by atoms with Gasteiger partial charge in [0.2, 0.25) is 5.91 Å². The van der Waals surface area contributed by atoms with Crippen molar-refractivity contribution < 1.29 is 9.53 Å². The van der Waals surface area contributed by atoms with Crippen LogP contribution in [0.2, 0.25) is 0 Å². The van der Waals surface area contributed by atoms with Gasteiger partial charge < -0.3 is 10.1 Å². The Kier molecular flexibility index (Phi) is 4.39. The standard InChI is InChI=1S/C16H17N5O3/c1-20-15-13(7-18-20)16(23)21(10-17-15)8-14(22)19-12-5-3-4-11(6-12)9-24-2/h3-7,10H,8-9H2,1-2H3,(H,19,22). The molecule has 124 valence electrons. The van der Waals surface area contributed by atoms with Crippen molar-refractivity contribution in [2.45, 2.75) is 13.2 Å². The van der Waals surface area contributed by atoms with Crippen LogP contribution in [0.15, 0.2) is 41.6 Å². The first-order valence-electron chi connectivity index (χ1n) is 7.33. The Balaban J connectivity index is 1.76. The molecule has 2 aromatic heterocycles. The number of nitrogens with zero attached hydrogens (tertiary/aromatic N) is 4. The molecular weight excluding hydrogens is 310 g/mol. The molecule has 0 spiro atoms. The number of carbonyl (C=O) groups is 1. The predicted octanol–water partition coefficient (Wildman–Crippen LogP) is 0.915. The SMILES string of the molecule is COCc1cccc(NC(=O)Cn2cnc3c(cnn3C)c2=O)c1. The molecule has 8 nitrogen and oxygen atoms in total. The van der Waals surface area contributed by atoms with E-state index in [-0.39, 0.29) is 18.0 Å². The van der Waals surface area contributed by atoms with Crippen LogP contribution in [-0.4, -0.2) is 32.3 Å². The van der Waals surface area contributed by atoms with Crippen LogP contribution in [0.3, 0.4) is 0 Å². The fourth-order valence-electron chi connectivity index (χ4n) is 2.44. The molecule has 3 rings (SSSR count). The van der Waals surface area contributed by atoms with E-state index in [0.29, 0.717) is 23.3 Å². The van der Waals surface area contributed by atoms with E-state index < -0.39 is 0 Å². The van der Waals surface area contributed by atoms with Crippen LogP contribution in [0.5, 0.6) is 0 Å². The average molecular weight is 327 g/mol. The molecule has 0 aliphatic carbocycles. The minimum absolute atomic E-state index is 0.120. The van der Waals surface area contributed by atoms with E-state index >= 15 is 0 Å². The maximum atomic E-state index is 12.3. The zero-order chi connectivity index (χ0) is 17.1. The van der Waals surface area contributed by atoms with Gasteiger partial charge in [0.1, 0.15) is 18.3 Å². The van der Waals surface area contributed by atoms with Gasteiger partial charge in [-0.15, -0.1) is 0 Å². The monoisotopic (exact) mass is 327 g/mol. The Morgan fingerprint density at radius 2 is 2.21 bits per heavy atom. The maximum Gasteiger partial charge on any atom is 0.264 e. The third kappa shape index (κ3) is 3.18. The second kappa shape index (κ2) is 6.63. The summed E-state index contributed by atoms with van der Waals surface area (Å²) in [6, 6.07) is 7.35. The third-order valence-corrected chi connectivity index (χ3v) is 3.55. The predicted molar refractivity (Wildman–Crippen MR) is 88.6 cm³/mol. The lowest BCUT2D eigenvalue weighted by molar-refractivity contribution is -0.116. The number of aromatic nitrogens is 4. The second-order valence-electron chi connectivity index (χ2n) is 5.36. The Bertz CT molecular complexity index is 944. The second-order valence-corrected chi connectivity index (χ2v) is 5.36. The first kappa shape index (κ1) is 15.9. The number of carbonyl (C=O) groups excluding carboxylic acids is 1. The van der Waals surface area contributed by atoms with Crippen LogP contribution in [0.4, 0.5) is 5.69 Å². The molecule has 0 unspecified atom stereocenters. The Hall–Kier alpha value is -3.00. The number of amides is 1. The van der Waals surface area contributed by atoms with Crippen molar-refractivity contribution in [1.29, 1.82) is 0 Å². The van der Waals surface area contributed by atoms with Gasteiger partial charge in [-0.3, -0.25) is 18.8 Å². The molecule has 2 heterocycles. The van der Waals surface area contributed by atoms with Gasteiger partial charge in [-0.2, -0.15) is 5.10 Å². The van der Waals surface area contributed by atoms with Crippen molar-refractivity contribution in [3.8, 4) is 0 Å². The van der Waals surface area contributed by atoms with Gasteiger partial charge in [-0.1, -0.05) is 12.1 Å². The van der Waals surface area contributed by atoms with Crippen molar-refractivity contribution in [2.24, 2.45) is 7.05 Å². The van der Waals surface area contributed by atoms with E-state index in [1.807, 2.05) is 18.2 Å². The van der Waals surface area contributed by atoms with Gasteiger partial charge in [0.15, 0.2) is 5.65 Å². The number of benzene rings is 1. The number of hydrogen-bond acceptors (Lipinski definition) is 5. The van der Waals surface area contributed by atoms with E-state index in [1.54, 1.807) is 20.2 Å². The molecule has 8 heteroatoms. The highest BCUT2D eigenvalue weighted by molar-refractivity contribution is 5.90. The Morgan fingerprint density at radius 3 is 3.00 bits per heavy atom. The van der Waals surface area contributed by atoms with E-state index in [0.717, 1.165) is 5.56 Å². The molecule has 1 N–H and O–H groups in total. The largest absolute Gasteiger partial charge is 0.380 e. The molecule has 0 saturated heterocycles. The van der Waals surface area contributed by atoms with Crippen molar-refractivity contribution in [3.05, 3.63) is 52.7 Å². The lowest BCUT2D eigenvalue weighted by Crippen LogP contribution is -2.27. The summed E-state index contributed by atoms with van der Waals surface area (Å²) in [4.78, 5) is 28.7. The third-order valence-electron chi connectivity index (χ3n) is 3.55. The summed E-state index contributed by atoms with van der Waals surface area (Å²) in [6.45, 7) is 0.343. The summed E-state index contributed by atoms with van der Waals surface area (Å²) in [6.07, 6.45) is 2.81. The minimum Gasteiger partial charge on any atom is -0.380 e. The van der Waals surface area contributed by atoms with Crippen molar-refractivity contribution >= 4 is 22.6 Å². The number of nitrogens with one attached hydrogen (secondary N) is 1. The first-order valence-corrected chi connectivity index (χ1v) is 7.33. The lowest BCUT2D eigenvalue weighted by atomic mass is 10.2. The first-order chi connectivity index (χ1) is 11.6. The van der Waals surface area contributed by atoms with Crippen LogP contribution < -0.4 is 10.9 Å². The molecule has 0 radical (unpaired) electrons. The molecule has 3 aromatic rings. The minimum atomic E-state index is -0.309. The topological polar surface area (TPSA) is 91.0 Å². The number of hydrogen-bond donors (Lipinski definition) is 1. The van der Waals surface area contributed by atoms with E-state index in [4.69, 9.17) is 4.74 Å². The number of rotatable bonds is 5. The number of ether oxygens (including phenoxy) is 1. The Morgan fingerprint density at radius 1 is 1.38 bits per heavy atom. The summed E-state index contributed by atoms with van der Waals surface area (Å²) >= 11 is 0. The number of anilines is 1. The van der Waals surface area contributed by atoms with Gasteiger partial charge in [-0.05, 0) is 17.7 Å². The average Bonchev–Trinajstić information content (AvgIpc) is 2.93. The molecule has 0 fully saturated rings. The van der Waals surface area contributed by atoms with Crippen LogP contribution in [0, 0.1) is 0 Å². The molecular formula is C16H17N5O3. The molecule has 0 aliphatic heterocycles. The highest BCUT2D eigenvalue weighted by Gasteiger charge is 2.11. The fraction of sp³-hybridized carbons (Fsp3) is 0.250. The smallest absolute Gasteiger partial charge is 0.264 e. The van der Waals surface area contributed by atoms with Gasteiger partial charge in [0, 0.05) is 19.8 Å². The number of fused-ring (bicyclic) bond motifs is 1. The fourth-order valence-corrected chi connectivity index (χ4v) is 2.44. The summed E-state index contributed by atoms with van der Waals surface area (Å²) in [7, 11) is 3.32. The van der Waals surface area contributed by atoms with Crippen LogP contribution in [-0.2, 0) is 29.7 Å². The number of methoxy groups -OCH3 is 1. The lowest BCUT2D eigenvalue weighted by Gasteiger charge is -2.08.